The van der Waals surface area contributed by atoms with Crippen LogP contribution in [0.3, 0.4) is 0 Å². The Morgan fingerprint density at radius 2 is 1.92 bits per heavy atom. The Hall–Kier alpha value is -0.0400. The quantitative estimate of drug-likeness (QED) is 0.685. The van der Waals surface area contributed by atoms with E-state index in [2.05, 4.69) is 26.2 Å². The summed E-state index contributed by atoms with van der Waals surface area (Å²) in [5.74, 6) is 0.974. The minimum Gasteiger partial charge on any atom is -0.319 e. The molecule has 1 nitrogen and oxygen atoms in total. The van der Waals surface area contributed by atoms with Crippen molar-refractivity contribution in [3.8, 4) is 0 Å². The van der Waals surface area contributed by atoms with E-state index in [4.69, 9.17) is 0 Å². The first-order valence-corrected chi connectivity index (χ1v) is 5.37. The number of nitrogens with one attached hydrogen (secondary N) is 1. The first-order valence-electron chi connectivity index (χ1n) is 5.37. The highest BCUT2D eigenvalue weighted by Crippen LogP contribution is 2.40. The molecule has 1 fully saturated rings. The van der Waals surface area contributed by atoms with Crippen molar-refractivity contribution in [2.24, 2.45) is 11.3 Å². The Morgan fingerprint density at radius 3 is 2.33 bits per heavy atom. The SMILES string of the molecule is CCC1(CNC)CCC(C)CC1. The molecule has 0 radical (unpaired) electrons. The molecule has 1 rings (SSSR count). The molecule has 0 amide bonds. The van der Waals surface area contributed by atoms with Gasteiger partial charge in [-0.2, -0.15) is 0 Å². The van der Waals surface area contributed by atoms with Gasteiger partial charge in [0.15, 0.2) is 0 Å². The van der Waals surface area contributed by atoms with E-state index in [0.29, 0.717) is 5.41 Å². The van der Waals surface area contributed by atoms with Crippen molar-refractivity contribution in [2.75, 3.05) is 13.6 Å². The molecular formula is C11H23N. The fraction of sp³-hybridized carbons (Fsp3) is 1.00. The largest absolute Gasteiger partial charge is 0.319 e. The van der Waals surface area contributed by atoms with Gasteiger partial charge in [-0.1, -0.05) is 26.7 Å². The van der Waals surface area contributed by atoms with Crippen LogP contribution < -0.4 is 5.32 Å². The van der Waals surface area contributed by atoms with E-state index in [1.54, 1.807) is 0 Å². The van der Waals surface area contributed by atoms with Crippen LogP contribution in [0.25, 0.3) is 0 Å². The summed E-state index contributed by atoms with van der Waals surface area (Å²) in [4.78, 5) is 0. The van der Waals surface area contributed by atoms with E-state index >= 15 is 0 Å². The van der Waals surface area contributed by atoms with Gasteiger partial charge in [0.05, 0.1) is 0 Å². The van der Waals surface area contributed by atoms with Gasteiger partial charge in [0.2, 0.25) is 0 Å². The van der Waals surface area contributed by atoms with Crippen LogP contribution in [0.1, 0.15) is 46.0 Å². The molecule has 1 aliphatic rings. The van der Waals surface area contributed by atoms with E-state index in [9.17, 15) is 0 Å². The predicted molar refractivity (Wildman–Crippen MR) is 54.3 cm³/mol. The maximum Gasteiger partial charge on any atom is 0.000470 e. The fourth-order valence-electron chi connectivity index (χ4n) is 2.40. The summed E-state index contributed by atoms with van der Waals surface area (Å²) in [6, 6.07) is 0. The molecule has 0 aromatic rings. The lowest BCUT2D eigenvalue weighted by molar-refractivity contribution is 0.148. The molecule has 1 heteroatoms. The van der Waals surface area contributed by atoms with Crippen LogP contribution in [0, 0.1) is 11.3 Å². The molecule has 0 saturated heterocycles. The van der Waals surface area contributed by atoms with Gasteiger partial charge >= 0.3 is 0 Å². The van der Waals surface area contributed by atoms with Crippen LogP contribution >= 0.6 is 0 Å². The van der Waals surface area contributed by atoms with Crippen molar-refractivity contribution in [2.45, 2.75) is 46.0 Å². The van der Waals surface area contributed by atoms with Gasteiger partial charge < -0.3 is 5.32 Å². The summed E-state index contributed by atoms with van der Waals surface area (Å²) < 4.78 is 0. The van der Waals surface area contributed by atoms with Gasteiger partial charge in [0, 0.05) is 6.54 Å². The van der Waals surface area contributed by atoms with E-state index in [1.165, 1.54) is 38.6 Å². The molecule has 0 spiro atoms. The average Bonchev–Trinajstić information content (AvgIpc) is 2.10. The lowest BCUT2D eigenvalue weighted by atomic mass is 9.69. The highest BCUT2D eigenvalue weighted by atomic mass is 14.8. The van der Waals surface area contributed by atoms with E-state index < -0.39 is 0 Å². The molecule has 12 heavy (non-hydrogen) atoms. The minimum absolute atomic E-state index is 0.640. The molecule has 1 N–H and O–H groups in total. The lowest BCUT2D eigenvalue weighted by Gasteiger charge is -2.38. The maximum absolute atomic E-state index is 3.34. The standard InChI is InChI=1S/C11H23N/c1-4-11(9-12-3)7-5-10(2)6-8-11/h10,12H,4-9H2,1-3H3. The highest BCUT2D eigenvalue weighted by molar-refractivity contribution is 4.84. The van der Waals surface area contributed by atoms with Crippen LogP contribution in [0.4, 0.5) is 0 Å². The Balaban J connectivity index is 2.45. The van der Waals surface area contributed by atoms with Gasteiger partial charge in [-0.05, 0) is 37.6 Å². The van der Waals surface area contributed by atoms with E-state index in [-0.39, 0.29) is 0 Å². The molecule has 1 saturated carbocycles. The highest BCUT2D eigenvalue weighted by Gasteiger charge is 2.31. The van der Waals surface area contributed by atoms with Crippen LogP contribution in [-0.4, -0.2) is 13.6 Å². The van der Waals surface area contributed by atoms with Crippen molar-refractivity contribution in [3.05, 3.63) is 0 Å². The molecule has 1 aliphatic carbocycles. The second-order valence-corrected chi connectivity index (χ2v) is 4.57. The third-order valence-electron chi connectivity index (χ3n) is 3.64. The van der Waals surface area contributed by atoms with E-state index in [1.807, 2.05) is 0 Å². The van der Waals surface area contributed by atoms with Crippen LogP contribution in [0.5, 0.6) is 0 Å². The summed E-state index contributed by atoms with van der Waals surface area (Å²) in [7, 11) is 2.08. The zero-order valence-corrected chi connectivity index (χ0v) is 8.82. The normalized spacial score (nSPS) is 36.8. The van der Waals surface area contributed by atoms with Crippen molar-refractivity contribution in [1.29, 1.82) is 0 Å². The Kier molecular flexibility index (Phi) is 3.57. The second-order valence-electron chi connectivity index (χ2n) is 4.57. The third-order valence-corrected chi connectivity index (χ3v) is 3.64. The molecule has 0 heterocycles. The monoisotopic (exact) mass is 169 g/mol. The fourth-order valence-corrected chi connectivity index (χ4v) is 2.40. The zero-order chi connectivity index (χ0) is 9.03. The van der Waals surface area contributed by atoms with Gasteiger partial charge in [-0.15, -0.1) is 0 Å². The predicted octanol–water partition coefficient (Wildman–Crippen LogP) is 2.81. The molecule has 72 valence electrons. The number of hydrogen-bond acceptors (Lipinski definition) is 1. The summed E-state index contributed by atoms with van der Waals surface area (Å²) >= 11 is 0. The lowest BCUT2D eigenvalue weighted by Crippen LogP contribution is -2.35. The molecule has 0 unspecified atom stereocenters. The minimum atomic E-state index is 0.640. The van der Waals surface area contributed by atoms with Gasteiger partial charge in [0.25, 0.3) is 0 Å². The third kappa shape index (κ3) is 2.22. The molecule has 0 aromatic carbocycles. The Morgan fingerprint density at radius 1 is 1.33 bits per heavy atom. The van der Waals surface area contributed by atoms with Gasteiger partial charge in [0.1, 0.15) is 0 Å². The Labute approximate surface area is 76.9 Å². The molecule has 0 bridgehead atoms. The number of rotatable bonds is 3. The topological polar surface area (TPSA) is 12.0 Å². The molecule has 0 aromatic heterocycles. The molecule has 0 atom stereocenters. The van der Waals surface area contributed by atoms with Crippen LogP contribution in [0.2, 0.25) is 0 Å². The number of hydrogen-bond donors (Lipinski definition) is 1. The van der Waals surface area contributed by atoms with Crippen molar-refractivity contribution < 1.29 is 0 Å². The van der Waals surface area contributed by atoms with Crippen molar-refractivity contribution in [3.63, 3.8) is 0 Å². The summed E-state index contributed by atoms with van der Waals surface area (Å²) in [5.41, 5.74) is 0.640. The first kappa shape index (κ1) is 10.0. The van der Waals surface area contributed by atoms with Gasteiger partial charge in [-0.25, -0.2) is 0 Å². The van der Waals surface area contributed by atoms with Crippen LogP contribution in [-0.2, 0) is 0 Å². The first-order chi connectivity index (χ1) is 5.72. The second kappa shape index (κ2) is 4.27. The van der Waals surface area contributed by atoms with Crippen molar-refractivity contribution in [1.82, 2.24) is 5.32 Å². The van der Waals surface area contributed by atoms with Gasteiger partial charge in [-0.3, -0.25) is 0 Å². The molecule has 0 aliphatic heterocycles. The smallest absolute Gasteiger partial charge is 0.000470 e. The zero-order valence-electron chi connectivity index (χ0n) is 8.82. The summed E-state index contributed by atoms with van der Waals surface area (Å²) in [6.45, 7) is 5.95. The maximum atomic E-state index is 3.34. The summed E-state index contributed by atoms with van der Waals surface area (Å²) in [6.07, 6.45) is 7.10. The average molecular weight is 169 g/mol. The summed E-state index contributed by atoms with van der Waals surface area (Å²) in [5, 5.41) is 3.34. The van der Waals surface area contributed by atoms with Crippen molar-refractivity contribution >= 4 is 0 Å². The Bertz CT molecular complexity index is 123. The van der Waals surface area contributed by atoms with E-state index in [0.717, 1.165) is 5.92 Å². The van der Waals surface area contributed by atoms with Crippen LogP contribution in [0.15, 0.2) is 0 Å². The molecular weight excluding hydrogens is 146 g/mol.